The van der Waals surface area contributed by atoms with Crippen LogP contribution in [0, 0.1) is 0 Å². The second kappa shape index (κ2) is 6.54. The first-order valence-electron chi connectivity index (χ1n) is 6.76. The van der Waals surface area contributed by atoms with Crippen molar-refractivity contribution in [3.63, 3.8) is 0 Å². The van der Waals surface area contributed by atoms with Crippen molar-refractivity contribution in [2.24, 2.45) is 0 Å². The molecular weight excluding hydrogens is 260 g/mol. The number of carbonyl (C=O) groups is 2. The molecule has 0 aliphatic heterocycles. The second-order valence-electron chi connectivity index (χ2n) is 5.83. The predicted octanol–water partition coefficient (Wildman–Crippen LogP) is 2.35. The van der Waals surface area contributed by atoms with E-state index < -0.39 is 17.9 Å². The molecule has 1 rings (SSSR count). The SMILES string of the molecule is CCCCC(NC(=O)c1cc(C(C)(C)C)on1)C(=O)O. The number of aromatic nitrogens is 1. The normalized spacial score (nSPS) is 13.0. The molecule has 0 spiro atoms. The maximum Gasteiger partial charge on any atom is 0.326 e. The lowest BCUT2D eigenvalue weighted by Gasteiger charge is -2.13. The number of carbonyl (C=O) groups excluding carboxylic acids is 1. The third-order valence-electron chi connectivity index (χ3n) is 2.93. The quantitative estimate of drug-likeness (QED) is 0.835. The summed E-state index contributed by atoms with van der Waals surface area (Å²) < 4.78 is 5.12. The molecule has 1 aromatic rings. The van der Waals surface area contributed by atoms with Crippen molar-refractivity contribution in [3.05, 3.63) is 17.5 Å². The van der Waals surface area contributed by atoms with Crippen LogP contribution in [0.1, 0.15) is 63.2 Å². The zero-order valence-corrected chi connectivity index (χ0v) is 12.4. The van der Waals surface area contributed by atoms with E-state index in [0.29, 0.717) is 12.2 Å². The van der Waals surface area contributed by atoms with Crippen molar-refractivity contribution in [1.82, 2.24) is 10.5 Å². The van der Waals surface area contributed by atoms with Gasteiger partial charge in [0.05, 0.1) is 0 Å². The van der Waals surface area contributed by atoms with E-state index >= 15 is 0 Å². The van der Waals surface area contributed by atoms with Crippen LogP contribution in [-0.2, 0) is 10.2 Å². The van der Waals surface area contributed by atoms with Crippen LogP contribution in [0.5, 0.6) is 0 Å². The largest absolute Gasteiger partial charge is 0.480 e. The highest BCUT2D eigenvalue weighted by Gasteiger charge is 2.25. The lowest BCUT2D eigenvalue weighted by atomic mass is 9.93. The van der Waals surface area contributed by atoms with Gasteiger partial charge in [-0.25, -0.2) is 4.79 Å². The van der Waals surface area contributed by atoms with Crippen LogP contribution in [0.25, 0.3) is 0 Å². The van der Waals surface area contributed by atoms with Crippen molar-refractivity contribution < 1.29 is 19.2 Å². The smallest absolute Gasteiger partial charge is 0.326 e. The van der Waals surface area contributed by atoms with Gasteiger partial charge in [-0.15, -0.1) is 0 Å². The van der Waals surface area contributed by atoms with E-state index in [9.17, 15) is 9.59 Å². The average Bonchev–Trinajstić information content (AvgIpc) is 2.83. The molecule has 1 aromatic heterocycles. The van der Waals surface area contributed by atoms with E-state index in [1.54, 1.807) is 6.07 Å². The Kier molecular flexibility index (Phi) is 5.30. The van der Waals surface area contributed by atoms with Crippen LogP contribution in [0.3, 0.4) is 0 Å². The Bertz CT molecular complexity index is 474. The first kappa shape index (κ1) is 16.2. The lowest BCUT2D eigenvalue weighted by Crippen LogP contribution is -2.40. The topological polar surface area (TPSA) is 92.4 Å². The van der Waals surface area contributed by atoms with Crippen molar-refractivity contribution in [1.29, 1.82) is 0 Å². The number of nitrogens with zero attached hydrogens (tertiary/aromatic N) is 1. The summed E-state index contributed by atoms with van der Waals surface area (Å²) >= 11 is 0. The van der Waals surface area contributed by atoms with Crippen LogP contribution in [0.2, 0.25) is 0 Å². The van der Waals surface area contributed by atoms with Gasteiger partial charge in [-0.2, -0.15) is 0 Å². The van der Waals surface area contributed by atoms with Gasteiger partial charge in [-0.3, -0.25) is 4.79 Å². The minimum absolute atomic E-state index is 0.109. The fourth-order valence-electron chi connectivity index (χ4n) is 1.63. The molecule has 1 unspecified atom stereocenters. The molecule has 1 atom stereocenters. The summed E-state index contributed by atoms with van der Waals surface area (Å²) in [5.74, 6) is -0.970. The van der Waals surface area contributed by atoms with E-state index in [-0.39, 0.29) is 11.1 Å². The molecule has 0 radical (unpaired) electrons. The molecule has 1 amide bonds. The van der Waals surface area contributed by atoms with Crippen molar-refractivity contribution in [3.8, 4) is 0 Å². The van der Waals surface area contributed by atoms with Crippen molar-refractivity contribution in [2.45, 2.75) is 58.4 Å². The Morgan fingerprint density at radius 1 is 1.45 bits per heavy atom. The summed E-state index contributed by atoms with van der Waals surface area (Å²) in [5, 5.41) is 15.2. The Labute approximate surface area is 118 Å². The highest BCUT2D eigenvalue weighted by molar-refractivity contribution is 5.94. The summed E-state index contributed by atoms with van der Waals surface area (Å²) in [4.78, 5) is 23.0. The summed E-state index contributed by atoms with van der Waals surface area (Å²) in [7, 11) is 0. The molecule has 6 nitrogen and oxygen atoms in total. The molecule has 0 aliphatic carbocycles. The fourth-order valence-corrected chi connectivity index (χ4v) is 1.63. The van der Waals surface area contributed by atoms with Gasteiger partial charge in [0, 0.05) is 11.5 Å². The van der Waals surface area contributed by atoms with Gasteiger partial charge in [0.15, 0.2) is 5.69 Å². The number of hydrogen-bond donors (Lipinski definition) is 2. The first-order valence-corrected chi connectivity index (χ1v) is 6.76. The fraction of sp³-hybridized carbons (Fsp3) is 0.643. The number of carboxylic acid groups (broad SMARTS) is 1. The zero-order chi connectivity index (χ0) is 15.3. The maximum atomic E-state index is 12.0. The highest BCUT2D eigenvalue weighted by atomic mass is 16.5. The number of hydrogen-bond acceptors (Lipinski definition) is 4. The van der Waals surface area contributed by atoms with Crippen LogP contribution in [0.4, 0.5) is 0 Å². The minimum atomic E-state index is -1.04. The maximum absolute atomic E-state index is 12.0. The number of nitrogens with one attached hydrogen (secondary N) is 1. The third kappa shape index (κ3) is 4.36. The van der Waals surface area contributed by atoms with E-state index in [2.05, 4.69) is 10.5 Å². The molecular formula is C14H22N2O4. The van der Waals surface area contributed by atoms with Gasteiger partial charge in [0.2, 0.25) is 0 Å². The standard InChI is InChI=1S/C14H22N2O4/c1-5-6-7-9(13(18)19)15-12(17)10-8-11(20-16-10)14(2,3)4/h8-9H,5-7H2,1-4H3,(H,15,17)(H,18,19). The molecule has 0 saturated heterocycles. The molecule has 0 fully saturated rings. The van der Waals surface area contributed by atoms with E-state index in [4.69, 9.17) is 9.63 Å². The van der Waals surface area contributed by atoms with Gasteiger partial charge >= 0.3 is 5.97 Å². The molecule has 0 bridgehead atoms. The average molecular weight is 282 g/mol. The Hall–Kier alpha value is -1.85. The molecule has 1 heterocycles. The van der Waals surface area contributed by atoms with Crippen LogP contribution < -0.4 is 5.32 Å². The summed E-state index contributed by atoms with van der Waals surface area (Å²) in [6, 6.07) is 0.658. The summed E-state index contributed by atoms with van der Waals surface area (Å²) in [6.07, 6.45) is 2.02. The lowest BCUT2D eigenvalue weighted by molar-refractivity contribution is -0.139. The van der Waals surface area contributed by atoms with Crippen LogP contribution >= 0.6 is 0 Å². The number of carboxylic acids is 1. The Morgan fingerprint density at radius 2 is 2.10 bits per heavy atom. The molecule has 0 saturated carbocycles. The highest BCUT2D eigenvalue weighted by Crippen LogP contribution is 2.22. The number of rotatable bonds is 6. The van der Waals surface area contributed by atoms with Crippen molar-refractivity contribution >= 4 is 11.9 Å². The van der Waals surface area contributed by atoms with Crippen molar-refractivity contribution in [2.75, 3.05) is 0 Å². The molecule has 112 valence electrons. The molecule has 0 aromatic carbocycles. The van der Waals surface area contributed by atoms with Crippen LogP contribution in [-0.4, -0.2) is 28.2 Å². The number of unbranched alkanes of at least 4 members (excludes halogenated alkanes) is 1. The Balaban J connectivity index is 2.74. The molecule has 0 aliphatic rings. The summed E-state index contributed by atoms with van der Waals surface area (Å²) in [6.45, 7) is 7.79. The van der Waals surface area contributed by atoms with E-state index in [1.807, 2.05) is 27.7 Å². The monoisotopic (exact) mass is 282 g/mol. The first-order chi connectivity index (χ1) is 9.25. The predicted molar refractivity (Wildman–Crippen MR) is 73.6 cm³/mol. The van der Waals surface area contributed by atoms with Gasteiger partial charge in [0.25, 0.3) is 5.91 Å². The van der Waals surface area contributed by atoms with Gasteiger partial charge in [-0.05, 0) is 6.42 Å². The second-order valence-corrected chi connectivity index (χ2v) is 5.83. The Morgan fingerprint density at radius 3 is 2.55 bits per heavy atom. The summed E-state index contributed by atoms with van der Waals surface area (Å²) in [5.41, 5.74) is -0.141. The number of aliphatic carboxylic acids is 1. The minimum Gasteiger partial charge on any atom is -0.480 e. The van der Waals surface area contributed by atoms with Crippen LogP contribution in [0.15, 0.2) is 10.6 Å². The van der Waals surface area contributed by atoms with E-state index in [0.717, 1.165) is 12.8 Å². The molecule has 20 heavy (non-hydrogen) atoms. The molecule has 2 N–H and O–H groups in total. The van der Waals surface area contributed by atoms with Gasteiger partial charge in [0.1, 0.15) is 11.8 Å². The number of amides is 1. The zero-order valence-electron chi connectivity index (χ0n) is 12.4. The van der Waals surface area contributed by atoms with Gasteiger partial charge in [-0.1, -0.05) is 45.7 Å². The van der Waals surface area contributed by atoms with E-state index in [1.165, 1.54) is 0 Å². The molecule has 6 heteroatoms. The third-order valence-corrected chi connectivity index (χ3v) is 2.93. The van der Waals surface area contributed by atoms with Gasteiger partial charge < -0.3 is 14.9 Å².